The zero-order chi connectivity index (χ0) is 17.7. The predicted molar refractivity (Wildman–Crippen MR) is 98.9 cm³/mol. The summed E-state index contributed by atoms with van der Waals surface area (Å²) in [6, 6.07) is 14.9. The van der Waals surface area contributed by atoms with Gasteiger partial charge in [0.05, 0.1) is 16.9 Å². The van der Waals surface area contributed by atoms with Gasteiger partial charge in [-0.1, -0.05) is 30.3 Å². The summed E-state index contributed by atoms with van der Waals surface area (Å²) in [6.45, 7) is 0.0103. The van der Waals surface area contributed by atoms with Gasteiger partial charge in [0.15, 0.2) is 0 Å². The Hall–Kier alpha value is -3.41. The van der Waals surface area contributed by atoms with Crippen molar-refractivity contribution in [1.29, 1.82) is 0 Å². The van der Waals surface area contributed by atoms with Crippen molar-refractivity contribution in [2.75, 3.05) is 0 Å². The molecule has 1 aliphatic rings. The number of fused-ring (bicyclic) bond motifs is 3. The molecule has 0 unspecified atom stereocenters. The summed E-state index contributed by atoms with van der Waals surface area (Å²) in [6.07, 6.45) is 2.52. The fraction of sp³-hybridized carbons (Fsp3) is 0.150. The maximum atomic E-state index is 12.8. The molecule has 2 aromatic carbocycles. The van der Waals surface area contributed by atoms with Crippen molar-refractivity contribution in [3.63, 3.8) is 0 Å². The summed E-state index contributed by atoms with van der Waals surface area (Å²) in [5.41, 5.74) is 2.63. The lowest BCUT2D eigenvalue weighted by Crippen LogP contribution is -2.45. The number of para-hydroxylation sites is 2. The van der Waals surface area contributed by atoms with E-state index in [1.165, 1.54) is 4.57 Å². The number of nitrogens with one attached hydrogen (secondary N) is 2. The summed E-state index contributed by atoms with van der Waals surface area (Å²) >= 11 is 0. The Morgan fingerprint density at radius 1 is 1.04 bits per heavy atom. The molecule has 0 fully saturated rings. The van der Waals surface area contributed by atoms with Crippen LogP contribution in [0.2, 0.25) is 0 Å². The predicted octanol–water partition coefficient (Wildman–Crippen LogP) is 2.29. The summed E-state index contributed by atoms with van der Waals surface area (Å²) in [7, 11) is 0. The van der Waals surface area contributed by atoms with Crippen molar-refractivity contribution in [3.05, 3.63) is 76.5 Å². The van der Waals surface area contributed by atoms with E-state index >= 15 is 0 Å². The third kappa shape index (κ3) is 2.23. The molecule has 0 saturated heterocycles. The molecule has 0 bridgehead atoms. The summed E-state index contributed by atoms with van der Waals surface area (Å²) < 4.78 is 1.50. The second-order valence-electron chi connectivity index (χ2n) is 6.56. The second-order valence-corrected chi connectivity index (χ2v) is 6.56. The molecule has 26 heavy (non-hydrogen) atoms. The Morgan fingerprint density at radius 2 is 1.81 bits per heavy atom. The normalized spacial score (nSPS) is 16.6. The average molecular weight is 344 g/mol. The van der Waals surface area contributed by atoms with Gasteiger partial charge >= 0.3 is 0 Å². The molecule has 4 aromatic rings. The molecule has 1 atom stereocenters. The van der Waals surface area contributed by atoms with E-state index in [9.17, 15) is 9.59 Å². The average Bonchev–Trinajstić information content (AvgIpc) is 3.06. The molecule has 2 N–H and O–H groups in total. The molecule has 0 aliphatic carbocycles. The third-order valence-corrected chi connectivity index (χ3v) is 4.94. The fourth-order valence-corrected chi connectivity index (χ4v) is 3.71. The topological polar surface area (TPSA) is 79.8 Å². The smallest absolute Gasteiger partial charge is 0.261 e. The Morgan fingerprint density at radius 3 is 2.69 bits per heavy atom. The zero-order valence-corrected chi connectivity index (χ0v) is 13.9. The maximum Gasteiger partial charge on any atom is 0.261 e. The molecule has 0 saturated carbocycles. The maximum absolute atomic E-state index is 12.8. The van der Waals surface area contributed by atoms with Gasteiger partial charge in [-0.2, -0.15) is 0 Å². The summed E-state index contributed by atoms with van der Waals surface area (Å²) in [5.74, 6) is 0.445. The van der Waals surface area contributed by atoms with Crippen LogP contribution in [0.3, 0.4) is 0 Å². The monoisotopic (exact) mass is 344 g/mol. The van der Waals surface area contributed by atoms with Gasteiger partial charge in [0, 0.05) is 23.5 Å². The van der Waals surface area contributed by atoms with Gasteiger partial charge in [-0.05, 0) is 23.8 Å². The molecule has 6 nitrogen and oxygen atoms in total. The van der Waals surface area contributed by atoms with Crippen LogP contribution in [0, 0.1) is 0 Å². The highest BCUT2D eigenvalue weighted by Gasteiger charge is 2.28. The van der Waals surface area contributed by atoms with Gasteiger partial charge < -0.3 is 10.3 Å². The van der Waals surface area contributed by atoms with E-state index in [4.69, 9.17) is 4.98 Å². The lowest BCUT2D eigenvalue weighted by atomic mass is 10.0. The quantitative estimate of drug-likeness (QED) is 0.585. The minimum atomic E-state index is -0.340. The van der Waals surface area contributed by atoms with Gasteiger partial charge in [0.25, 0.3) is 5.56 Å². The summed E-state index contributed by atoms with van der Waals surface area (Å²) in [5, 5.41) is 4.64. The number of aromatic amines is 1. The third-order valence-electron chi connectivity index (χ3n) is 4.94. The van der Waals surface area contributed by atoms with Crippen LogP contribution in [0.25, 0.3) is 21.8 Å². The number of benzene rings is 2. The van der Waals surface area contributed by atoms with E-state index in [1.807, 2.05) is 48.7 Å². The van der Waals surface area contributed by atoms with Crippen LogP contribution >= 0.6 is 0 Å². The SMILES string of the molecule is O=C1Cn2c(nc3ccccc3c2=O)[C@H](Cc2c[nH]c3ccccc23)N1. The first kappa shape index (κ1) is 14.9. The number of amides is 1. The Kier molecular flexibility index (Phi) is 3.18. The van der Waals surface area contributed by atoms with Crippen LogP contribution in [-0.2, 0) is 17.8 Å². The first-order valence-corrected chi connectivity index (χ1v) is 8.54. The highest BCUT2D eigenvalue weighted by Crippen LogP contribution is 2.25. The van der Waals surface area contributed by atoms with Crippen molar-refractivity contribution in [1.82, 2.24) is 19.9 Å². The van der Waals surface area contributed by atoms with E-state index in [1.54, 1.807) is 6.07 Å². The Bertz CT molecular complexity index is 1220. The number of rotatable bonds is 2. The van der Waals surface area contributed by atoms with Crippen LogP contribution in [0.5, 0.6) is 0 Å². The van der Waals surface area contributed by atoms with E-state index in [-0.39, 0.29) is 24.1 Å². The lowest BCUT2D eigenvalue weighted by molar-refractivity contribution is -0.123. The fourth-order valence-electron chi connectivity index (χ4n) is 3.71. The lowest BCUT2D eigenvalue weighted by Gasteiger charge is -2.27. The molecular weight excluding hydrogens is 328 g/mol. The number of carbonyl (C=O) groups is 1. The molecule has 0 radical (unpaired) electrons. The van der Waals surface area contributed by atoms with E-state index < -0.39 is 0 Å². The number of hydrogen-bond donors (Lipinski definition) is 2. The largest absolute Gasteiger partial charge is 0.361 e. The van der Waals surface area contributed by atoms with Gasteiger partial charge in [0.2, 0.25) is 5.91 Å². The highest BCUT2D eigenvalue weighted by molar-refractivity contribution is 5.84. The number of H-pyrrole nitrogens is 1. The van der Waals surface area contributed by atoms with E-state index in [0.29, 0.717) is 23.1 Å². The van der Waals surface area contributed by atoms with Crippen molar-refractivity contribution >= 4 is 27.7 Å². The van der Waals surface area contributed by atoms with Crippen LogP contribution in [-0.4, -0.2) is 20.4 Å². The van der Waals surface area contributed by atoms with Crippen LogP contribution in [0.4, 0.5) is 0 Å². The minimum Gasteiger partial charge on any atom is -0.361 e. The van der Waals surface area contributed by atoms with Crippen LogP contribution in [0.1, 0.15) is 17.4 Å². The summed E-state index contributed by atoms with van der Waals surface area (Å²) in [4.78, 5) is 33.0. The number of carbonyl (C=O) groups excluding carboxylic acids is 1. The Balaban J connectivity index is 1.65. The van der Waals surface area contributed by atoms with Gasteiger partial charge in [-0.3, -0.25) is 14.2 Å². The van der Waals surface area contributed by atoms with Gasteiger partial charge in [-0.15, -0.1) is 0 Å². The highest BCUT2D eigenvalue weighted by atomic mass is 16.2. The molecule has 0 spiro atoms. The van der Waals surface area contributed by atoms with Gasteiger partial charge in [-0.25, -0.2) is 4.98 Å². The molecule has 6 heteroatoms. The minimum absolute atomic E-state index is 0.0103. The van der Waals surface area contributed by atoms with E-state index in [2.05, 4.69) is 10.3 Å². The first-order chi connectivity index (χ1) is 12.7. The number of hydrogen-bond acceptors (Lipinski definition) is 3. The Labute approximate surface area is 148 Å². The van der Waals surface area contributed by atoms with Crippen LogP contribution in [0.15, 0.2) is 59.5 Å². The molecule has 1 amide bonds. The molecule has 1 aliphatic heterocycles. The molecule has 5 rings (SSSR count). The second kappa shape index (κ2) is 5.56. The molecule has 3 heterocycles. The number of aromatic nitrogens is 3. The first-order valence-electron chi connectivity index (χ1n) is 8.54. The number of nitrogens with zero attached hydrogens (tertiary/aromatic N) is 2. The van der Waals surface area contributed by atoms with E-state index in [0.717, 1.165) is 16.5 Å². The van der Waals surface area contributed by atoms with Crippen molar-refractivity contribution in [3.8, 4) is 0 Å². The van der Waals surface area contributed by atoms with Gasteiger partial charge in [0.1, 0.15) is 12.4 Å². The molecular formula is C20H16N4O2. The van der Waals surface area contributed by atoms with Crippen LogP contribution < -0.4 is 10.9 Å². The van der Waals surface area contributed by atoms with Crippen molar-refractivity contribution < 1.29 is 4.79 Å². The van der Waals surface area contributed by atoms with Crippen molar-refractivity contribution in [2.24, 2.45) is 0 Å². The standard InChI is InChI=1S/C20H16N4O2/c25-18-11-24-19(23-16-8-4-2-6-14(16)20(24)26)17(22-18)9-12-10-21-15-7-3-1-5-13(12)15/h1-8,10,17,21H,9,11H2,(H,22,25)/t17-/m0/s1. The van der Waals surface area contributed by atoms with Crippen molar-refractivity contribution in [2.45, 2.75) is 19.0 Å². The molecule has 2 aromatic heterocycles. The zero-order valence-electron chi connectivity index (χ0n) is 13.9. The molecule has 128 valence electrons.